The number of aromatic nitrogens is 3. The van der Waals surface area contributed by atoms with E-state index in [1.54, 1.807) is 20.8 Å². The molecule has 2 aromatic heterocycles. The summed E-state index contributed by atoms with van der Waals surface area (Å²) in [5.41, 5.74) is -0.220. The Morgan fingerprint density at radius 1 is 1.48 bits per heavy atom. The number of aryl methyl sites for hydroxylation is 1. The van der Waals surface area contributed by atoms with Crippen molar-refractivity contribution in [1.82, 2.24) is 14.5 Å². The maximum atomic E-state index is 12.5. The molecule has 0 bridgehead atoms. The molecule has 4 atom stereocenters. The number of thiazole rings is 1. The van der Waals surface area contributed by atoms with E-state index in [0.717, 1.165) is 11.3 Å². The molecule has 3 heterocycles. The molecular formula is C17H23N3O6S. The zero-order valence-corrected chi connectivity index (χ0v) is 16.4. The van der Waals surface area contributed by atoms with Crippen molar-refractivity contribution in [3.8, 4) is 0 Å². The summed E-state index contributed by atoms with van der Waals surface area (Å²) in [5.74, 6) is -0.255. The van der Waals surface area contributed by atoms with E-state index < -0.39 is 35.0 Å². The lowest BCUT2D eigenvalue weighted by molar-refractivity contribution is -0.163. The number of aliphatic hydroxyl groups is 1. The van der Waals surface area contributed by atoms with Crippen LogP contribution in [0.4, 0.5) is 0 Å². The molecule has 148 valence electrons. The number of rotatable bonds is 5. The summed E-state index contributed by atoms with van der Waals surface area (Å²) >= 11 is 0.758. The number of nitrogens with one attached hydrogen (secondary N) is 1. The lowest BCUT2D eigenvalue weighted by Crippen LogP contribution is -2.32. The van der Waals surface area contributed by atoms with Crippen LogP contribution in [0.5, 0.6) is 0 Å². The minimum absolute atomic E-state index is 0.183. The van der Waals surface area contributed by atoms with Gasteiger partial charge in [-0.2, -0.15) is 0 Å². The van der Waals surface area contributed by atoms with Crippen molar-refractivity contribution in [2.45, 2.75) is 65.1 Å². The molecule has 4 unspecified atom stereocenters. The zero-order chi connectivity index (χ0) is 19.9. The van der Waals surface area contributed by atoms with Crippen LogP contribution in [0.25, 0.3) is 10.3 Å². The molecule has 1 aliphatic rings. The number of ether oxygens (including phenoxy) is 2. The van der Waals surface area contributed by atoms with Gasteiger partial charge in [0, 0.05) is 6.42 Å². The molecular weight excluding hydrogens is 374 g/mol. The highest BCUT2D eigenvalue weighted by Crippen LogP contribution is 2.33. The number of esters is 1. The minimum Gasteiger partial charge on any atom is -0.459 e. The van der Waals surface area contributed by atoms with Crippen LogP contribution in [0, 0.1) is 12.8 Å². The van der Waals surface area contributed by atoms with E-state index in [2.05, 4.69) is 9.97 Å². The molecule has 0 amide bonds. The lowest BCUT2D eigenvalue weighted by Gasteiger charge is -2.23. The molecule has 1 saturated heterocycles. The van der Waals surface area contributed by atoms with Gasteiger partial charge in [-0.1, -0.05) is 32.1 Å². The van der Waals surface area contributed by atoms with Crippen molar-refractivity contribution >= 4 is 27.7 Å². The van der Waals surface area contributed by atoms with Crippen molar-refractivity contribution in [3.05, 3.63) is 25.8 Å². The number of hydrogen-bond acceptors (Lipinski definition) is 8. The Morgan fingerprint density at radius 2 is 2.19 bits per heavy atom. The second-order valence-electron chi connectivity index (χ2n) is 6.95. The number of aliphatic hydroxyl groups excluding tert-OH is 1. The van der Waals surface area contributed by atoms with Crippen LogP contribution < -0.4 is 10.4 Å². The molecule has 3 rings (SSSR count). The van der Waals surface area contributed by atoms with Crippen LogP contribution in [0.2, 0.25) is 0 Å². The highest BCUT2D eigenvalue weighted by Gasteiger charge is 2.42. The molecule has 2 N–H and O–H groups in total. The Labute approximate surface area is 159 Å². The topological polar surface area (TPSA) is 124 Å². The lowest BCUT2D eigenvalue weighted by atomic mass is 10.1. The Hall–Kier alpha value is -2.04. The van der Waals surface area contributed by atoms with E-state index in [0.29, 0.717) is 12.2 Å². The van der Waals surface area contributed by atoms with Crippen LogP contribution >= 0.6 is 11.3 Å². The highest BCUT2D eigenvalue weighted by molar-refractivity contribution is 7.16. The van der Waals surface area contributed by atoms with Gasteiger partial charge in [-0.15, -0.1) is 0 Å². The van der Waals surface area contributed by atoms with Gasteiger partial charge in [-0.3, -0.25) is 19.0 Å². The number of H-pyrrole nitrogens is 1. The number of nitrogens with zero attached hydrogens (tertiary/aromatic N) is 2. The first kappa shape index (κ1) is 19.7. The number of aromatic amines is 1. The third-order valence-electron chi connectivity index (χ3n) is 4.52. The molecule has 9 nitrogen and oxygen atoms in total. The summed E-state index contributed by atoms with van der Waals surface area (Å²) in [6, 6.07) is 0. The third kappa shape index (κ3) is 3.69. The quantitative estimate of drug-likeness (QED) is 0.724. The van der Waals surface area contributed by atoms with Crippen molar-refractivity contribution in [1.29, 1.82) is 0 Å². The predicted octanol–water partition coefficient (Wildman–Crippen LogP) is 1.08. The van der Waals surface area contributed by atoms with Gasteiger partial charge in [0.1, 0.15) is 22.7 Å². The maximum absolute atomic E-state index is 12.5. The summed E-state index contributed by atoms with van der Waals surface area (Å²) in [6.45, 7) is 6.95. The van der Waals surface area contributed by atoms with Gasteiger partial charge in [0.25, 0.3) is 5.56 Å². The standard InChI is InChI=1S/C17H23N3O6S/c1-5-10(26-16(23)7(2)3)11-6-9(21)15(25-11)20-13-12(27-17(20)24)14(22)19-8(4)18-13/h7,9-11,15,21H,5-6H2,1-4H3,(H,18,19,22). The molecule has 0 radical (unpaired) electrons. The summed E-state index contributed by atoms with van der Waals surface area (Å²) < 4.78 is 12.8. The molecule has 27 heavy (non-hydrogen) atoms. The van der Waals surface area contributed by atoms with Crippen LogP contribution in [0.3, 0.4) is 0 Å². The van der Waals surface area contributed by atoms with Gasteiger partial charge < -0.3 is 19.6 Å². The molecule has 0 spiro atoms. The fraction of sp³-hybridized carbons (Fsp3) is 0.647. The number of fused-ring (bicyclic) bond motifs is 1. The molecule has 0 saturated carbocycles. The van der Waals surface area contributed by atoms with Crippen LogP contribution in [-0.4, -0.2) is 43.9 Å². The fourth-order valence-corrected chi connectivity index (χ4v) is 3.96. The monoisotopic (exact) mass is 397 g/mol. The molecule has 0 aromatic carbocycles. The Balaban J connectivity index is 1.92. The third-order valence-corrected chi connectivity index (χ3v) is 5.46. The Kier molecular flexibility index (Phi) is 5.50. The first-order valence-corrected chi connectivity index (χ1v) is 9.70. The first-order valence-electron chi connectivity index (χ1n) is 8.88. The summed E-state index contributed by atoms with van der Waals surface area (Å²) in [7, 11) is 0. The number of carbonyl (C=O) groups excluding carboxylic acids is 1. The fourth-order valence-electron chi connectivity index (χ4n) is 3.12. The zero-order valence-electron chi connectivity index (χ0n) is 15.6. The number of hydrogen-bond donors (Lipinski definition) is 2. The largest absolute Gasteiger partial charge is 0.459 e. The van der Waals surface area contributed by atoms with E-state index in [1.165, 1.54) is 4.57 Å². The Morgan fingerprint density at radius 3 is 2.81 bits per heavy atom. The van der Waals surface area contributed by atoms with Crippen molar-refractivity contribution < 1.29 is 19.4 Å². The van der Waals surface area contributed by atoms with Crippen molar-refractivity contribution in [2.24, 2.45) is 5.92 Å². The first-order chi connectivity index (χ1) is 12.7. The average molecular weight is 397 g/mol. The highest BCUT2D eigenvalue weighted by atomic mass is 32.1. The van der Waals surface area contributed by atoms with Crippen molar-refractivity contribution in [3.63, 3.8) is 0 Å². The second-order valence-corrected chi connectivity index (χ2v) is 7.91. The van der Waals surface area contributed by atoms with E-state index in [4.69, 9.17) is 9.47 Å². The van der Waals surface area contributed by atoms with E-state index in [9.17, 15) is 19.5 Å². The van der Waals surface area contributed by atoms with Gasteiger partial charge in [0.2, 0.25) is 0 Å². The van der Waals surface area contributed by atoms with Crippen molar-refractivity contribution in [2.75, 3.05) is 0 Å². The van der Waals surface area contributed by atoms with Gasteiger partial charge in [-0.25, -0.2) is 4.98 Å². The summed E-state index contributed by atoms with van der Waals surface area (Å²) in [4.78, 5) is 42.8. The van der Waals surface area contributed by atoms with Gasteiger partial charge in [-0.05, 0) is 13.3 Å². The molecule has 1 aliphatic heterocycles. The summed E-state index contributed by atoms with van der Waals surface area (Å²) in [6.07, 6.45) is -2.34. The molecule has 10 heteroatoms. The maximum Gasteiger partial charge on any atom is 0.311 e. The summed E-state index contributed by atoms with van der Waals surface area (Å²) in [5, 5.41) is 10.5. The van der Waals surface area contributed by atoms with Crippen LogP contribution in [0.15, 0.2) is 9.59 Å². The van der Waals surface area contributed by atoms with E-state index in [-0.39, 0.29) is 28.7 Å². The van der Waals surface area contributed by atoms with E-state index in [1.807, 2.05) is 6.92 Å². The second kappa shape index (κ2) is 7.53. The minimum atomic E-state index is -0.989. The average Bonchev–Trinajstić information content (AvgIpc) is 3.11. The van der Waals surface area contributed by atoms with Crippen LogP contribution in [-0.2, 0) is 14.3 Å². The smallest absolute Gasteiger partial charge is 0.311 e. The van der Waals surface area contributed by atoms with Gasteiger partial charge in [0.05, 0.1) is 12.0 Å². The van der Waals surface area contributed by atoms with Gasteiger partial charge in [0.15, 0.2) is 11.9 Å². The predicted molar refractivity (Wildman–Crippen MR) is 98.8 cm³/mol. The normalized spacial score (nSPS) is 23.9. The Bertz CT molecular complexity index is 962. The van der Waals surface area contributed by atoms with E-state index >= 15 is 0 Å². The molecule has 1 fully saturated rings. The van der Waals surface area contributed by atoms with Gasteiger partial charge >= 0.3 is 10.8 Å². The molecule has 0 aliphatic carbocycles. The molecule has 2 aromatic rings. The SMILES string of the molecule is CCC(OC(=O)C(C)C)C1CC(O)C(n2c(=O)sc3c(=O)[nH]c(C)nc32)O1. The van der Waals surface area contributed by atoms with Crippen LogP contribution in [0.1, 0.15) is 45.7 Å². The number of carbonyl (C=O) groups is 1.